The second kappa shape index (κ2) is 4.94. The maximum Gasteiger partial charge on any atom is 0.0706 e. The number of hydrogen-bond donors (Lipinski definition) is 1. The van der Waals surface area contributed by atoms with E-state index in [0.29, 0.717) is 6.54 Å². The number of hydrogen-bond acceptors (Lipinski definition) is 3. The molecule has 0 spiro atoms. The summed E-state index contributed by atoms with van der Waals surface area (Å²) in [5, 5.41) is 1.22. The predicted octanol–water partition coefficient (Wildman–Crippen LogP) is 2.34. The Labute approximate surface area is 108 Å². The van der Waals surface area contributed by atoms with Crippen molar-refractivity contribution in [1.82, 2.24) is 4.98 Å². The smallest absolute Gasteiger partial charge is 0.0706 e. The van der Waals surface area contributed by atoms with Crippen LogP contribution in [0.4, 0.5) is 5.69 Å². The van der Waals surface area contributed by atoms with Gasteiger partial charge < -0.3 is 10.6 Å². The maximum absolute atomic E-state index is 5.56. The monoisotopic (exact) mass is 241 g/mol. The van der Waals surface area contributed by atoms with Crippen LogP contribution in [-0.4, -0.2) is 24.6 Å². The molecule has 0 atom stereocenters. The number of pyridine rings is 1. The summed E-state index contributed by atoms with van der Waals surface area (Å²) in [6, 6.07) is 10.8. The summed E-state index contributed by atoms with van der Waals surface area (Å²) in [4.78, 5) is 7.09. The van der Waals surface area contributed by atoms with Crippen molar-refractivity contribution in [3.63, 3.8) is 0 Å². The maximum atomic E-state index is 5.56. The number of anilines is 1. The van der Waals surface area contributed by atoms with E-state index >= 15 is 0 Å². The van der Waals surface area contributed by atoms with Crippen LogP contribution in [0, 0.1) is 0 Å². The third-order valence-electron chi connectivity index (χ3n) is 3.60. The van der Waals surface area contributed by atoms with Gasteiger partial charge in [0, 0.05) is 36.3 Å². The summed E-state index contributed by atoms with van der Waals surface area (Å²) < 4.78 is 0. The normalized spacial score (nSPS) is 15.5. The van der Waals surface area contributed by atoms with Crippen LogP contribution in [0.15, 0.2) is 30.3 Å². The van der Waals surface area contributed by atoms with Crippen LogP contribution in [0.5, 0.6) is 0 Å². The van der Waals surface area contributed by atoms with Crippen molar-refractivity contribution in [2.45, 2.75) is 19.3 Å². The van der Waals surface area contributed by atoms with Gasteiger partial charge in [-0.25, -0.2) is 0 Å². The first-order valence-electron chi connectivity index (χ1n) is 6.71. The van der Waals surface area contributed by atoms with Crippen LogP contribution in [0.2, 0.25) is 0 Å². The quantitative estimate of drug-likeness (QED) is 0.896. The Morgan fingerprint density at radius 3 is 2.72 bits per heavy atom. The van der Waals surface area contributed by atoms with Crippen LogP contribution >= 0.6 is 0 Å². The fourth-order valence-electron chi connectivity index (χ4n) is 2.61. The molecule has 1 aromatic heterocycles. The molecular weight excluding hydrogens is 222 g/mol. The molecule has 0 bridgehead atoms. The highest BCUT2D eigenvalue weighted by molar-refractivity contribution is 5.82. The van der Waals surface area contributed by atoms with Gasteiger partial charge in [0.25, 0.3) is 0 Å². The zero-order valence-corrected chi connectivity index (χ0v) is 10.6. The number of fused-ring (bicyclic) bond motifs is 1. The van der Waals surface area contributed by atoms with Crippen LogP contribution in [-0.2, 0) is 6.42 Å². The average molecular weight is 241 g/mol. The summed E-state index contributed by atoms with van der Waals surface area (Å²) in [5.74, 6) is 0. The van der Waals surface area contributed by atoms with E-state index in [1.54, 1.807) is 0 Å². The number of nitrogens with zero attached hydrogens (tertiary/aromatic N) is 2. The Kier molecular flexibility index (Phi) is 3.15. The lowest BCUT2D eigenvalue weighted by molar-refractivity contribution is 0.931. The molecule has 2 N–H and O–H groups in total. The lowest BCUT2D eigenvalue weighted by atomic mass is 10.1. The molecule has 1 aliphatic rings. The lowest BCUT2D eigenvalue weighted by Crippen LogP contribution is -2.17. The highest BCUT2D eigenvalue weighted by atomic mass is 15.1. The molecule has 3 heteroatoms. The van der Waals surface area contributed by atoms with Crippen LogP contribution in [0.25, 0.3) is 10.9 Å². The zero-order valence-electron chi connectivity index (χ0n) is 10.6. The molecule has 2 aromatic rings. The van der Waals surface area contributed by atoms with E-state index in [2.05, 4.69) is 40.2 Å². The molecule has 3 nitrogen and oxygen atoms in total. The molecule has 3 rings (SSSR count). The Morgan fingerprint density at radius 1 is 1.11 bits per heavy atom. The molecule has 94 valence electrons. The molecule has 1 saturated heterocycles. The molecular formula is C15H19N3. The molecule has 2 heterocycles. The minimum absolute atomic E-state index is 0.657. The van der Waals surface area contributed by atoms with E-state index in [-0.39, 0.29) is 0 Å². The predicted molar refractivity (Wildman–Crippen MR) is 75.9 cm³/mol. The summed E-state index contributed by atoms with van der Waals surface area (Å²) in [7, 11) is 0. The molecule has 1 aromatic carbocycles. The number of aromatic nitrogens is 1. The second-order valence-electron chi connectivity index (χ2n) is 4.91. The van der Waals surface area contributed by atoms with Crippen molar-refractivity contribution in [2.24, 2.45) is 5.73 Å². The number of benzene rings is 1. The number of rotatable bonds is 3. The second-order valence-corrected chi connectivity index (χ2v) is 4.91. The van der Waals surface area contributed by atoms with Gasteiger partial charge in [0.2, 0.25) is 0 Å². The molecule has 0 amide bonds. The van der Waals surface area contributed by atoms with E-state index in [9.17, 15) is 0 Å². The van der Waals surface area contributed by atoms with Gasteiger partial charge in [-0.3, -0.25) is 4.98 Å². The first-order valence-corrected chi connectivity index (χ1v) is 6.71. The fraction of sp³-hybridized carbons (Fsp3) is 0.400. The van der Waals surface area contributed by atoms with E-state index in [4.69, 9.17) is 5.73 Å². The Bertz CT molecular complexity index is 544. The van der Waals surface area contributed by atoms with Gasteiger partial charge >= 0.3 is 0 Å². The molecule has 0 aliphatic carbocycles. The standard InChI is InChI=1S/C15H19N3/c16-8-7-13-4-3-12-11-14(5-6-15(12)17-13)18-9-1-2-10-18/h3-6,11H,1-2,7-10,16H2. The van der Waals surface area contributed by atoms with Crippen molar-refractivity contribution in [3.8, 4) is 0 Å². The minimum atomic E-state index is 0.657. The first-order chi connectivity index (χ1) is 8.86. The number of nitrogens with two attached hydrogens (primary N) is 1. The first kappa shape index (κ1) is 11.5. The largest absolute Gasteiger partial charge is 0.372 e. The third-order valence-corrected chi connectivity index (χ3v) is 3.60. The fourth-order valence-corrected chi connectivity index (χ4v) is 2.61. The Morgan fingerprint density at radius 2 is 1.94 bits per heavy atom. The van der Waals surface area contributed by atoms with Crippen molar-refractivity contribution in [3.05, 3.63) is 36.0 Å². The molecule has 18 heavy (non-hydrogen) atoms. The average Bonchev–Trinajstić information content (AvgIpc) is 2.92. The molecule has 0 saturated carbocycles. The third kappa shape index (κ3) is 2.18. The Balaban J connectivity index is 1.94. The van der Waals surface area contributed by atoms with Gasteiger partial charge in [-0.15, -0.1) is 0 Å². The summed E-state index contributed by atoms with van der Waals surface area (Å²) in [6.45, 7) is 3.03. The van der Waals surface area contributed by atoms with E-state index in [1.165, 1.54) is 37.0 Å². The topological polar surface area (TPSA) is 42.1 Å². The Hall–Kier alpha value is -1.61. The van der Waals surface area contributed by atoms with Crippen LogP contribution in [0.1, 0.15) is 18.5 Å². The zero-order chi connectivity index (χ0) is 12.4. The lowest BCUT2D eigenvalue weighted by Gasteiger charge is -2.17. The molecule has 1 fully saturated rings. The minimum Gasteiger partial charge on any atom is -0.372 e. The van der Waals surface area contributed by atoms with Crippen molar-refractivity contribution in [1.29, 1.82) is 0 Å². The SMILES string of the molecule is NCCc1ccc2cc(N3CCCC3)ccc2n1. The van der Waals surface area contributed by atoms with Gasteiger partial charge in [-0.05, 0) is 43.7 Å². The van der Waals surface area contributed by atoms with Crippen LogP contribution < -0.4 is 10.6 Å². The summed E-state index contributed by atoms with van der Waals surface area (Å²) >= 11 is 0. The van der Waals surface area contributed by atoms with Crippen molar-refractivity contribution >= 4 is 16.6 Å². The van der Waals surface area contributed by atoms with E-state index in [0.717, 1.165) is 17.6 Å². The van der Waals surface area contributed by atoms with Crippen molar-refractivity contribution in [2.75, 3.05) is 24.5 Å². The summed E-state index contributed by atoms with van der Waals surface area (Å²) in [6.07, 6.45) is 3.47. The molecule has 0 radical (unpaired) electrons. The van der Waals surface area contributed by atoms with E-state index < -0.39 is 0 Å². The summed E-state index contributed by atoms with van der Waals surface area (Å²) in [5.41, 5.74) is 9.05. The molecule has 0 unspecified atom stereocenters. The van der Waals surface area contributed by atoms with Gasteiger partial charge in [0.05, 0.1) is 5.52 Å². The van der Waals surface area contributed by atoms with E-state index in [1.807, 2.05) is 0 Å². The highest BCUT2D eigenvalue weighted by Gasteiger charge is 2.12. The van der Waals surface area contributed by atoms with Gasteiger partial charge in [-0.1, -0.05) is 6.07 Å². The molecule has 1 aliphatic heterocycles. The van der Waals surface area contributed by atoms with Crippen LogP contribution in [0.3, 0.4) is 0 Å². The van der Waals surface area contributed by atoms with Gasteiger partial charge in [-0.2, -0.15) is 0 Å². The van der Waals surface area contributed by atoms with Crippen molar-refractivity contribution < 1.29 is 0 Å². The van der Waals surface area contributed by atoms with Gasteiger partial charge in [0.15, 0.2) is 0 Å². The van der Waals surface area contributed by atoms with Gasteiger partial charge in [0.1, 0.15) is 0 Å². The highest BCUT2D eigenvalue weighted by Crippen LogP contribution is 2.24.